The van der Waals surface area contributed by atoms with Gasteiger partial charge in [-0.1, -0.05) is 20.3 Å². The number of carbonyl (C=O) groups is 2. The highest BCUT2D eigenvalue weighted by atomic mass is 16.5. The van der Waals surface area contributed by atoms with E-state index in [9.17, 15) is 9.59 Å². The third-order valence-corrected chi connectivity index (χ3v) is 5.26. The molecule has 2 rings (SSSR count). The van der Waals surface area contributed by atoms with E-state index in [1.807, 2.05) is 6.92 Å². The fourth-order valence-electron chi connectivity index (χ4n) is 3.56. The number of aliphatic carboxylic acids is 1. The minimum Gasteiger partial charge on any atom is -0.481 e. The Morgan fingerprint density at radius 2 is 1.90 bits per heavy atom. The Hall–Kier alpha value is -1.10. The van der Waals surface area contributed by atoms with E-state index in [4.69, 9.17) is 9.84 Å². The second kappa shape index (κ2) is 6.34. The lowest BCUT2D eigenvalue weighted by atomic mass is 9.64. The van der Waals surface area contributed by atoms with Crippen molar-refractivity contribution in [2.24, 2.45) is 17.3 Å². The molecule has 0 saturated heterocycles. The second-order valence-corrected chi connectivity index (χ2v) is 6.96. The number of carbonyl (C=O) groups excluding carboxylic acids is 1. The molecule has 4 atom stereocenters. The topological polar surface area (TPSA) is 75.6 Å². The van der Waals surface area contributed by atoms with Gasteiger partial charge in [0.15, 0.2) is 0 Å². The van der Waals surface area contributed by atoms with Crippen LogP contribution in [0.2, 0.25) is 0 Å². The van der Waals surface area contributed by atoms with Gasteiger partial charge in [0.2, 0.25) is 5.91 Å². The van der Waals surface area contributed by atoms with E-state index in [-0.39, 0.29) is 35.3 Å². The Balaban J connectivity index is 1.86. The molecular formula is C16H27NO4. The standard InChI is InChI=1S/C16H27NO4/c1-4-21-13-9-12(16(13,2)3)17-14(18)10-6-5-7-11(8-10)15(19)20/h10-13H,4-9H2,1-3H3,(H,17,18)(H,19,20). The van der Waals surface area contributed by atoms with Gasteiger partial charge in [0.1, 0.15) is 0 Å². The summed E-state index contributed by atoms with van der Waals surface area (Å²) < 4.78 is 5.67. The van der Waals surface area contributed by atoms with Crippen LogP contribution in [-0.4, -0.2) is 35.7 Å². The molecule has 0 aromatic rings. The van der Waals surface area contributed by atoms with E-state index in [1.165, 1.54) is 0 Å². The number of hydrogen-bond acceptors (Lipinski definition) is 3. The number of nitrogens with one attached hydrogen (secondary N) is 1. The molecule has 4 unspecified atom stereocenters. The van der Waals surface area contributed by atoms with Crippen LogP contribution in [0.1, 0.15) is 52.9 Å². The van der Waals surface area contributed by atoms with Crippen molar-refractivity contribution in [3.05, 3.63) is 0 Å². The zero-order chi connectivity index (χ0) is 15.6. The first-order valence-corrected chi connectivity index (χ1v) is 8.01. The number of amides is 1. The summed E-state index contributed by atoms with van der Waals surface area (Å²) in [6, 6.07) is 0.131. The predicted octanol–water partition coefficient (Wildman–Crippen LogP) is 2.20. The molecule has 0 spiro atoms. The molecule has 5 heteroatoms. The van der Waals surface area contributed by atoms with Crippen molar-refractivity contribution in [1.29, 1.82) is 0 Å². The maximum absolute atomic E-state index is 12.4. The third kappa shape index (κ3) is 3.39. The molecule has 2 aliphatic carbocycles. The van der Waals surface area contributed by atoms with Gasteiger partial charge in [0, 0.05) is 24.0 Å². The minimum atomic E-state index is -0.770. The molecule has 0 aromatic heterocycles. The molecule has 1 amide bonds. The first-order valence-electron chi connectivity index (χ1n) is 8.01. The molecule has 5 nitrogen and oxygen atoms in total. The Kier molecular flexibility index (Phi) is 4.91. The summed E-state index contributed by atoms with van der Waals surface area (Å²) in [5.74, 6) is -1.26. The molecule has 21 heavy (non-hydrogen) atoms. The van der Waals surface area contributed by atoms with E-state index in [0.29, 0.717) is 19.4 Å². The predicted molar refractivity (Wildman–Crippen MR) is 78.8 cm³/mol. The molecule has 2 aliphatic rings. The number of carboxylic acid groups (broad SMARTS) is 1. The Morgan fingerprint density at radius 1 is 1.24 bits per heavy atom. The fourth-order valence-corrected chi connectivity index (χ4v) is 3.56. The average Bonchev–Trinajstić information content (AvgIpc) is 2.46. The first kappa shape index (κ1) is 16.3. The molecule has 2 N–H and O–H groups in total. The summed E-state index contributed by atoms with van der Waals surface area (Å²) in [4.78, 5) is 23.5. The zero-order valence-corrected chi connectivity index (χ0v) is 13.2. The SMILES string of the molecule is CCOC1CC(NC(=O)C2CCCC(C(=O)O)C2)C1(C)C. The highest BCUT2D eigenvalue weighted by Crippen LogP contribution is 2.43. The van der Waals surface area contributed by atoms with Crippen molar-refractivity contribution in [3.8, 4) is 0 Å². The normalized spacial score (nSPS) is 34.8. The molecule has 0 bridgehead atoms. The van der Waals surface area contributed by atoms with E-state index in [2.05, 4.69) is 19.2 Å². The highest BCUT2D eigenvalue weighted by molar-refractivity contribution is 5.80. The van der Waals surface area contributed by atoms with E-state index in [0.717, 1.165) is 19.3 Å². The van der Waals surface area contributed by atoms with Gasteiger partial charge in [0.05, 0.1) is 12.0 Å². The number of hydrogen-bond donors (Lipinski definition) is 2. The highest BCUT2D eigenvalue weighted by Gasteiger charge is 2.50. The minimum absolute atomic E-state index is 0.0222. The lowest BCUT2D eigenvalue weighted by molar-refractivity contribution is -0.146. The number of rotatable bonds is 5. The zero-order valence-electron chi connectivity index (χ0n) is 13.2. The van der Waals surface area contributed by atoms with Gasteiger partial charge in [-0.2, -0.15) is 0 Å². The van der Waals surface area contributed by atoms with Crippen LogP contribution >= 0.6 is 0 Å². The maximum atomic E-state index is 12.4. The molecule has 0 radical (unpaired) electrons. The summed E-state index contributed by atoms with van der Waals surface area (Å²) in [5, 5.41) is 12.2. The monoisotopic (exact) mass is 297 g/mol. The lowest BCUT2D eigenvalue weighted by Crippen LogP contribution is -2.62. The van der Waals surface area contributed by atoms with Gasteiger partial charge >= 0.3 is 5.97 Å². The molecule has 2 fully saturated rings. The Labute approximate surface area is 126 Å². The maximum Gasteiger partial charge on any atom is 0.306 e. The van der Waals surface area contributed by atoms with Gasteiger partial charge in [-0.25, -0.2) is 0 Å². The van der Waals surface area contributed by atoms with E-state index in [1.54, 1.807) is 0 Å². The second-order valence-electron chi connectivity index (χ2n) is 6.96. The Morgan fingerprint density at radius 3 is 2.48 bits per heavy atom. The van der Waals surface area contributed by atoms with Crippen molar-refractivity contribution < 1.29 is 19.4 Å². The van der Waals surface area contributed by atoms with Gasteiger partial charge in [-0.15, -0.1) is 0 Å². The molecule has 0 aliphatic heterocycles. The van der Waals surface area contributed by atoms with E-state index >= 15 is 0 Å². The van der Waals surface area contributed by atoms with Gasteiger partial charge in [-0.05, 0) is 32.6 Å². The molecule has 2 saturated carbocycles. The quantitative estimate of drug-likeness (QED) is 0.815. The number of carboxylic acids is 1. The summed E-state index contributed by atoms with van der Waals surface area (Å²) in [6.45, 7) is 6.90. The molecule has 0 aromatic carbocycles. The molecule has 120 valence electrons. The first-order chi connectivity index (χ1) is 9.86. The average molecular weight is 297 g/mol. The van der Waals surface area contributed by atoms with Crippen LogP contribution in [0.15, 0.2) is 0 Å². The van der Waals surface area contributed by atoms with Gasteiger partial charge in [-0.3, -0.25) is 9.59 Å². The van der Waals surface area contributed by atoms with Crippen LogP contribution in [-0.2, 0) is 14.3 Å². The Bertz CT molecular complexity index is 407. The third-order valence-electron chi connectivity index (χ3n) is 5.26. The number of ether oxygens (including phenoxy) is 1. The van der Waals surface area contributed by atoms with Crippen molar-refractivity contribution in [2.45, 2.75) is 65.0 Å². The van der Waals surface area contributed by atoms with Gasteiger partial charge < -0.3 is 15.2 Å². The van der Waals surface area contributed by atoms with Crippen LogP contribution in [0, 0.1) is 17.3 Å². The van der Waals surface area contributed by atoms with Crippen LogP contribution in [0.25, 0.3) is 0 Å². The van der Waals surface area contributed by atoms with Crippen LogP contribution in [0.4, 0.5) is 0 Å². The largest absolute Gasteiger partial charge is 0.481 e. The van der Waals surface area contributed by atoms with E-state index < -0.39 is 5.97 Å². The lowest BCUT2D eigenvalue weighted by Gasteiger charge is -2.52. The van der Waals surface area contributed by atoms with Crippen molar-refractivity contribution in [1.82, 2.24) is 5.32 Å². The summed E-state index contributed by atoms with van der Waals surface area (Å²) in [5.41, 5.74) is -0.0491. The summed E-state index contributed by atoms with van der Waals surface area (Å²) >= 11 is 0. The summed E-state index contributed by atoms with van der Waals surface area (Å²) in [6.07, 6.45) is 3.85. The van der Waals surface area contributed by atoms with Crippen LogP contribution < -0.4 is 5.32 Å². The van der Waals surface area contributed by atoms with Crippen molar-refractivity contribution in [2.75, 3.05) is 6.61 Å². The van der Waals surface area contributed by atoms with Crippen LogP contribution in [0.3, 0.4) is 0 Å². The smallest absolute Gasteiger partial charge is 0.306 e. The molecular weight excluding hydrogens is 270 g/mol. The molecule has 0 heterocycles. The van der Waals surface area contributed by atoms with Crippen molar-refractivity contribution in [3.63, 3.8) is 0 Å². The van der Waals surface area contributed by atoms with Crippen LogP contribution in [0.5, 0.6) is 0 Å². The van der Waals surface area contributed by atoms with Gasteiger partial charge in [0.25, 0.3) is 0 Å². The van der Waals surface area contributed by atoms with Crippen molar-refractivity contribution >= 4 is 11.9 Å². The summed E-state index contributed by atoms with van der Waals surface area (Å²) in [7, 11) is 0. The fraction of sp³-hybridized carbons (Fsp3) is 0.875.